The summed E-state index contributed by atoms with van der Waals surface area (Å²) in [7, 11) is 0. The highest BCUT2D eigenvalue weighted by Crippen LogP contribution is 2.60. The summed E-state index contributed by atoms with van der Waals surface area (Å²) < 4.78 is 11.5. The van der Waals surface area contributed by atoms with E-state index < -0.39 is 41.5 Å². The number of benzene rings is 1. The molecule has 3 aliphatic rings. The zero-order valence-corrected chi connectivity index (χ0v) is 19.3. The van der Waals surface area contributed by atoms with E-state index in [1.807, 2.05) is 0 Å². The van der Waals surface area contributed by atoms with Crippen molar-refractivity contribution in [2.45, 2.75) is 42.3 Å². The zero-order valence-electron chi connectivity index (χ0n) is 16.9. The third-order valence-electron chi connectivity index (χ3n) is 6.29. The molecule has 8 nitrogen and oxygen atoms in total. The van der Waals surface area contributed by atoms with Crippen LogP contribution in [0.5, 0.6) is 0 Å². The highest BCUT2D eigenvalue weighted by Gasteiger charge is 2.76. The number of ether oxygens (including phenoxy) is 2. The molecule has 3 heterocycles. The molecule has 168 valence electrons. The van der Waals surface area contributed by atoms with Gasteiger partial charge in [0.1, 0.15) is 11.6 Å². The Hall–Kier alpha value is -1.68. The fourth-order valence-corrected chi connectivity index (χ4v) is 6.31. The Morgan fingerprint density at radius 2 is 2.16 bits per heavy atom. The molecule has 3 unspecified atom stereocenters. The molecule has 3 aliphatic heterocycles. The molecule has 0 aliphatic carbocycles. The molecule has 2 amide bonds. The highest BCUT2D eigenvalue weighted by molar-refractivity contribution is 9.09. The van der Waals surface area contributed by atoms with Gasteiger partial charge in [0, 0.05) is 18.0 Å². The molecule has 1 aromatic rings. The summed E-state index contributed by atoms with van der Waals surface area (Å²) in [5.41, 5.74) is -0.734. The van der Waals surface area contributed by atoms with Gasteiger partial charge in [-0.05, 0) is 31.9 Å². The summed E-state index contributed by atoms with van der Waals surface area (Å²) in [6.45, 7) is 1.93. The van der Waals surface area contributed by atoms with Crippen molar-refractivity contribution >= 4 is 51.0 Å². The van der Waals surface area contributed by atoms with E-state index in [4.69, 9.17) is 21.1 Å². The van der Waals surface area contributed by atoms with Crippen molar-refractivity contribution in [1.29, 1.82) is 0 Å². The second kappa shape index (κ2) is 8.69. The number of likely N-dealkylation sites (tertiary alicyclic amines) is 1. The van der Waals surface area contributed by atoms with Crippen LogP contribution in [0.3, 0.4) is 0 Å². The number of hydrogen-bond acceptors (Lipinski definition) is 6. The predicted molar refractivity (Wildman–Crippen MR) is 116 cm³/mol. The maximum Gasteiger partial charge on any atom is 0.312 e. The Morgan fingerprint density at radius 3 is 2.84 bits per heavy atom. The second-order valence-electron chi connectivity index (χ2n) is 7.99. The second-order valence-corrected chi connectivity index (χ2v) is 9.58. The number of aliphatic hydroxyl groups excluding tert-OH is 1. The molecular weight excluding hydrogens is 492 g/mol. The van der Waals surface area contributed by atoms with E-state index in [0.29, 0.717) is 23.6 Å². The van der Waals surface area contributed by atoms with Gasteiger partial charge in [-0.3, -0.25) is 14.4 Å². The summed E-state index contributed by atoms with van der Waals surface area (Å²) in [6, 6.07) is 5.86. The lowest BCUT2D eigenvalue weighted by molar-refractivity contribution is -0.154. The number of carbonyl (C=O) groups excluding carboxylic acids is 3. The summed E-state index contributed by atoms with van der Waals surface area (Å²) in [5.74, 6) is -2.86. The van der Waals surface area contributed by atoms with Crippen molar-refractivity contribution < 1.29 is 29.0 Å². The van der Waals surface area contributed by atoms with Gasteiger partial charge in [-0.25, -0.2) is 0 Å². The molecule has 2 bridgehead atoms. The first kappa shape index (κ1) is 22.5. The number of aliphatic hydroxyl groups is 1. The largest absolute Gasteiger partial charge is 0.466 e. The average molecular weight is 516 g/mol. The minimum absolute atomic E-state index is 0.133. The monoisotopic (exact) mass is 514 g/mol. The van der Waals surface area contributed by atoms with Crippen LogP contribution >= 0.6 is 27.5 Å². The maximum absolute atomic E-state index is 13.5. The first-order valence-electron chi connectivity index (χ1n) is 10.3. The normalized spacial score (nSPS) is 33.5. The SMILES string of the molecule is CCOC(=O)[C@H]1[C@@H]2OC3(CC2Br)C(C(=O)Nc2ccccc2Cl)N(CCCO)C(=O)[C@H]13. The minimum atomic E-state index is -1.16. The van der Waals surface area contributed by atoms with E-state index in [1.165, 1.54) is 4.90 Å². The smallest absolute Gasteiger partial charge is 0.312 e. The van der Waals surface area contributed by atoms with Crippen LogP contribution in [0, 0.1) is 11.8 Å². The summed E-state index contributed by atoms with van der Waals surface area (Å²) in [5, 5.41) is 12.5. The van der Waals surface area contributed by atoms with Crippen LogP contribution in [0.2, 0.25) is 5.02 Å². The maximum atomic E-state index is 13.5. The third-order valence-corrected chi connectivity index (χ3v) is 7.46. The Bertz CT molecular complexity index is 900. The van der Waals surface area contributed by atoms with E-state index in [2.05, 4.69) is 21.2 Å². The van der Waals surface area contributed by atoms with Gasteiger partial charge in [0.25, 0.3) is 0 Å². The fourth-order valence-electron chi connectivity index (χ4n) is 5.18. The van der Waals surface area contributed by atoms with Gasteiger partial charge in [0.15, 0.2) is 0 Å². The van der Waals surface area contributed by atoms with Gasteiger partial charge in [0.2, 0.25) is 11.8 Å². The number of rotatable bonds is 7. The average Bonchev–Trinajstić information content (AvgIpc) is 3.32. The van der Waals surface area contributed by atoms with E-state index in [0.717, 1.165) is 0 Å². The van der Waals surface area contributed by atoms with Crippen molar-refractivity contribution in [3.8, 4) is 0 Å². The van der Waals surface area contributed by atoms with Crippen LogP contribution in [0.15, 0.2) is 24.3 Å². The van der Waals surface area contributed by atoms with Crippen molar-refractivity contribution in [3.05, 3.63) is 29.3 Å². The Balaban J connectivity index is 1.72. The molecule has 1 spiro atoms. The van der Waals surface area contributed by atoms with Gasteiger partial charge in [-0.15, -0.1) is 0 Å². The van der Waals surface area contributed by atoms with Crippen molar-refractivity contribution in [2.24, 2.45) is 11.8 Å². The number of alkyl halides is 1. The molecule has 4 rings (SSSR count). The summed E-state index contributed by atoms with van der Waals surface area (Å²) in [4.78, 5) is 40.9. The quantitative estimate of drug-likeness (QED) is 0.425. The first-order chi connectivity index (χ1) is 14.9. The van der Waals surface area contributed by atoms with Crippen LogP contribution in [0.25, 0.3) is 0 Å². The van der Waals surface area contributed by atoms with Gasteiger partial charge >= 0.3 is 5.97 Å². The Labute approximate surface area is 193 Å². The predicted octanol–water partition coefficient (Wildman–Crippen LogP) is 1.97. The lowest BCUT2D eigenvalue weighted by Crippen LogP contribution is -2.54. The number of halogens is 2. The number of hydrogen-bond donors (Lipinski definition) is 2. The Kier molecular flexibility index (Phi) is 6.31. The molecule has 0 radical (unpaired) electrons. The molecular formula is C21H24BrClN2O6. The highest BCUT2D eigenvalue weighted by atomic mass is 79.9. The minimum Gasteiger partial charge on any atom is -0.466 e. The van der Waals surface area contributed by atoms with Crippen LogP contribution in [-0.4, -0.2) is 70.1 Å². The van der Waals surface area contributed by atoms with E-state index >= 15 is 0 Å². The third kappa shape index (κ3) is 3.55. The fraction of sp³-hybridized carbons (Fsp3) is 0.571. The van der Waals surface area contributed by atoms with Crippen LogP contribution < -0.4 is 5.32 Å². The summed E-state index contributed by atoms with van der Waals surface area (Å²) in [6.07, 6.45) is 0.152. The number of para-hydroxylation sites is 1. The van der Waals surface area contributed by atoms with Crippen LogP contribution in [-0.2, 0) is 23.9 Å². The van der Waals surface area contributed by atoms with E-state index in [9.17, 15) is 19.5 Å². The van der Waals surface area contributed by atoms with Crippen LogP contribution in [0.4, 0.5) is 5.69 Å². The lowest BCUT2D eigenvalue weighted by Gasteiger charge is -2.34. The number of anilines is 1. The van der Waals surface area contributed by atoms with E-state index in [-0.39, 0.29) is 30.5 Å². The molecule has 6 atom stereocenters. The molecule has 2 N–H and O–H groups in total. The van der Waals surface area contributed by atoms with Gasteiger partial charge in [0.05, 0.1) is 35.3 Å². The van der Waals surface area contributed by atoms with Gasteiger partial charge in [-0.1, -0.05) is 39.7 Å². The molecule has 31 heavy (non-hydrogen) atoms. The molecule has 10 heteroatoms. The van der Waals surface area contributed by atoms with Gasteiger partial charge < -0.3 is 24.8 Å². The summed E-state index contributed by atoms with van der Waals surface area (Å²) >= 11 is 9.78. The topological polar surface area (TPSA) is 105 Å². The first-order valence-corrected chi connectivity index (χ1v) is 11.6. The standard InChI is InChI=1S/C21H24BrClN2O6/c1-2-30-20(29)14-15-19(28)25(8-5-9-26)17(21(15)10-11(22)16(14)31-21)18(27)24-13-7-4-3-6-12(13)23/h3-4,6-7,11,14-17,26H,2,5,8-10H2,1H3,(H,24,27)/t11?,14-,15+,16-,17?,21?/m1/s1. The number of fused-ring (bicyclic) bond motifs is 1. The van der Waals surface area contributed by atoms with E-state index in [1.54, 1.807) is 31.2 Å². The number of nitrogens with zero attached hydrogens (tertiary/aromatic N) is 1. The molecule has 1 aromatic carbocycles. The van der Waals surface area contributed by atoms with Crippen LogP contribution in [0.1, 0.15) is 19.8 Å². The molecule has 0 saturated carbocycles. The Morgan fingerprint density at radius 1 is 1.42 bits per heavy atom. The molecule has 0 aromatic heterocycles. The van der Waals surface area contributed by atoms with Crippen molar-refractivity contribution in [2.75, 3.05) is 25.1 Å². The van der Waals surface area contributed by atoms with Crippen molar-refractivity contribution in [3.63, 3.8) is 0 Å². The zero-order chi connectivity index (χ0) is 22.3. The number of esters is 1. The molecule has 3 fully saturated rings. The number of nitrogens with one attached hydrogen (secondary N) is 1. The number of carbonyl (C=O) groups is 3. The van der Waals surface area contributed by atoms with Gasteiger partial charge in [-0.2, -0.15) is 0 Å². The molecule has 3 saturated heterocycles. The number of amides is 2. The van der Waals surface area contributed by atoms with Crippen molar-refractivity contribution in [1.82, 2.24) is 4.90 Å². The lowest BCUT2D eigenvalue weighted by atomic mass is 9.70.